The number of nitrogens with two attached hydrogens (primary N) is 1. The largest absolute Gasteiger partial charge is 0.479 e. The number of halogens is 1. The van der Waals surface area contributed by atoms with Crippen LogP contribution in [0.1, 0.15) is 12.0 Å². The van der Waals surface area contributed by atoms with Crippen molar-refractivity contribution in [3.63, 3.8) is 0 Å². The van der Waals surface area contributed by atoms with E-state index in [1.807, 2.05) is 30.3 Å². The predicted octanol–water partition coefficient (Wildman–Crippen LogP) is -0.849. The maximum absolute atomic E-state index is 12.3. The van der Waals surface area contributed by atoms with Crippen LogP contribution in [0.4, 0.5) is 0 Å². The third-order valence-corrected chi connectivity index (χ3v) is 6.92. The summed E-state index contributed by atoms with van der Waals surface area (Å²) in [6.07, 6.45) is 0.784. The Labute approximate surface area is 161 Å². The van der Waals surface area contributed by atoms with Crippen LogP contribution in [0.15, 0.2) is 30.3 Å². The monoisotopic (exact) mass is 418 g/mol. The molecular formula is C16H19ClN2O7S. The van der Waals surface area contributed by atoms with E-state index in [2.05, 4.69) is 5.32 Å². The van der Waals surface area contributed by atoms with Crippen LogP contribution in [0.25, 0.3) is 0 Å². The maximum atomic E-state index is 12.3. The molecule has 2 fully saturated rings. The van der Waals surface area contributed by atoms with Crippen LogP contribution in [0.5, 0.6) is 0 Å². The molecular weight excluding hydrogens is 400 g/mol. The van der Waals surface area contributed by atoms with Crippen molar-refractivity contribution in [1.29, 1.82) is 0 Å². The van der Waals surface area contributed by atoms with Crippen molar-refractivity contribution in [3.05, 3.63) is 35.9 Å². The summed E-state index contributed by atoms with van der Waals surface area (Å²) in [7, 11) is -3.47. The maximum Gasteiger partial charge on any atom is 0.373 e. The molecule has 0 spiro atoms. The summed E-state index contributed by atoms with van der Waals surface area (Å²) in [5.74, 6) is -3.07. The first kappa shape index (κ1) is 22.8. The minimum absolute atomic E-state index is 0. The molecule has 1 aliphatic heterocycles. The van der Waals surface area contributed by atoms with Crippen LogP contribution in [-0.2, 0) is 35.4 Å². The van der Waals surface area contributed by atoms with Gasteiger partial charge in [0.25, 0.3) is 0 Å². The second kappa shape index (κ2) is 8.62. The van der Waals surface area contributed by atoms with Gasteiger partial charge in [0.15, 0.2) is 15.4 Å². The third-order valence-electron chi connectivity index (χ3n) is 4.62. The second-order valence-corrected chi connectivity index (χ2v) is 8.55. The van der Waals surface area contributed by atoms with Crippen molar-refractivity contribution in [2.45, 2.75) is 29.7 Å². The standard InChI is InChI=1S/C15H18N2O5S.CO2.ClH/c16-11(6-9-4-2-1-3-5-9)13(18)17-15(14(19)20)8-23(21,22)12-7-10(12)15;2-1-3;/h1-5,10-12H,6-8,16H2,(H,17,18)(H,19,20);;1H/t10-,11+,12+,15+;;/m1../s1. The number of carboxylic acid groups (broad SMARTS) is 1. The molecule has 1 heterocycles. The average Bonchev–Trinajstić information content (AvgIpc) is 3.33. The lowest BCUT2D eigenvalue weighted by atomic mass is 9.94. The molecule has 0 bridgehead atoms. The number of amides is 1. The highest BCUT2D eigenvalue weighted by Crippen LogP contribution is 2.52. The lowest BCUT2D eigenvalue weighted by Gasteiger charge is -2.28. The summed E-state index contributed by atoms with van der Waals surface area (Å²) < 4.78 is 23.8. The first-order valence-corrected chi connectivity index (χ1v) is 9.45. The van der Waals surface area contributed by atoms with Gasteiger partial charge in [-0.25, -0.2) is 13.2 Å². The number of aliphatic carboxylic acids is 1. The van der Waals surface area contributed by atoms with Gasteiger partial charge >= 0.3 is 12.1 Å². The molecule has 1 saturated carbocycles. The summed E-state index contributed by atoms with van der Waals surface area (Å²) in [4.78, 5) is 40.2. The minimum atomic E-state index is -3.47. The van der Waals surface area contributed by atoms with Crippen molar-refractivity contribution in [1.82, 2.24) is 5.32 Å². The van der Waals surface area contributed by atoms with E-state index in [1.54, 1.807) is 0 Å². The van der Waals surface area contributed by atoms with Gasteiger partial charge in [-0.05, 0) is 18.4 Å². The van der Waals surface area contributed by atoms with E-state index in [1.165, 1.54) is 0 Å². The molecule has 1 aromatic rings. The Morgan fingerprint density at radius 1 is 1.30 bits per heavy atom. The fourth-order valence-corrected chi connectivity index (χ4v) is 5.79. The highest BCUT2D eigenvalue weighted by Gasteiger charge is 2.70. The van der Waals surface area contributed by atoms with Crippen LogP contribution in [0, 0.1) is 5.92 Å². The Morgan fingerprint density at radius 2 is 1.85 bits per heavy atom. The SMILES string of the molecule is Cl.N[C@@H](Cc1ccccc1)C(=O)N[C@@]1(C(=O)O)CS(=O)(=O)[C@H]2C[C@H]21.O=C=O. The molecule has 1 saturated heterocycles. The van der Waals surface area contributed by atoms with Gasteiger partial charge in [0.1, 0.15) is 0 Å². The van der Waals surface area contributed by atoms with Crippen LogP contribution < -0.4 is 11.1 Å². The highest BCUT2D eigenvalue weighted by atomic mass is 35.5. The number of nitrogens with one attached hydrogen (secondary N) is 1. The van der Waals surface area contributed by atoms with E-state index < -0.39 is 50.2 Å². The zero-order chi connectivity index (χ0) is 19.5. The second-order valence-electron chi connectivity index (χ2n) is 6.33. The first-order valence-electron chi connectivity index (χ1n) is 7.73. The third kappa shape index (κ3) is 4.72. The molecule has 1 amide bonds. The van der Waals surface area contributed by atoms with Crippen molar-refractivity contribution in [3.8, 4) is 0 Å². The molecule has 148 valence electrons. The van der Waals surface area contributed by atoms with Crippen molar-refractivity contribution < 1.29 is 32.7 Å². The fraction of sp³-hybridized carbons (Fsp3) is 0.438. The molecule has 9 nitrogen and oxygen atoms in total. The van der Waals surface area contributed by atoms with Crippen molar-refractivity contribution in [2.24, 2.45) is 11.7 Å². The molecule has 0 unspecified atom stereocenters. The summed E-state index contributed by atoms with van der Waals surface area (Å²) in [5, 5.41) is 11.3. The quantitative estimate of drug-likeness (QED) is 0.557. The van der Waals surface area contributed by atoms with Crippen LogP contribution in [0.2, 0.25) is 0 Å². The number of carbonyl (C=O) groups is 2. The number of rotatable bonds is 5. The smallest absolute Gasteiger partial charge is 0.373 e. The van der Waals surface area contributed by atoms with Crippen molar-refractivity contribution >= 4 is 40.3 Å². The number of carbonyl (C=O) groups excluding carboxylic acids is 3. The topological polar surface area (TPSA) is 161 Å². The van der Waals surface area contributed by atoms with E-state index in [9.17, 15) is 23.1 Å². The Bertz CT molecular complexity index is 840. The van der Waals surface area contributed by atoms with Gasteiger partial charge in [0.2, 0.25) is 5.91 Å². The first-order chi connectivity index (χ1) is 12.2. The summed E-state index contributed by atoms with van der Waals surface area (Å²) in [6, 6.07) is 8.17. The number of sulfone groups is 1. The van der Waals surface area contributed by atoms with Crippen molar-refractivity contribution in [2.75, 3.05) is 5.75 Å². The Balaban J connectivity index is 0.000000855. The zero-order valence-corrected chi connectivity index (χ0v) is 15.7. The number of hydrogen-bond acceptors (Lipinski definition) is 7. The van der Waals surface area contributed by atoms with Gasteiger partial charge in [-0.3, -0.25) is 4.79 Å². The lowest BCUT2D eigenvalue weighted by molar-refractivity contribution is -0.191. The van der Waals surface area contributed by atoms with Gasteiger partial charge in [0, 0.05) is 5.92 Å². The molecule has 27 heavy (non-hydrogen) atoms. The minimum Gasteiger partial charge on any atom is -0.479 e. The number of hydrogen-bond donors (Lipinski definition) is 3. The molecule has 1 aliphatic carbocycles. The van der Waals surface area contributed by atoms with E-state index in [-0.39, 0.29) is 31.4 Å². The summed E-state index contributed by atoms with van der Waals surface area (Å²) in [5.41, 5.74) is 4.97. The Kier molecular flexibility index (Phi) is 7.27. The Hall–Kier alpha value is -2.26. The molecule has 3 rings (SSSR count). The number of carboxylic acids is 1. The molecule has 0 radical (unpaired) electrons. The molecule has 0 aromatic heterocycles. The fourth-order valence-electron chi connectivity index (χ4n) is 3.29. The summed E-state index contributed by atoms with van der Waals surface area (Å²) >= 11 is 0. The van der Waals surface area contributed by atoms with Crippen LogP contribution >= 0.6 is 12.4 Å². The normalized spacial score (nSPS) is 27.4. The van der Waals surface area contributed by atoms with Crippen LogP contribution in [-0.4, -0.2) is 54.1 Å². The van der Waals surface area contributed by atoms with Gasteiger partial charge in [-0.1, -0.05) is 30.3 Å². The van der Waals surface area contributed by atoms with Gasteiger partial charge < -0.3 is 16.2 Å². The molecule has 1 aromatic carbocycles. The molecule has 4 N–H and O–H groups in total. The number of benzene rings is 1. The van der Waals surface area contributed by atoms with E-state index in [0.717, 1.165) is 5.56 Å². The molecule has 4 atom stereocenters. The average molecular weight is 419 g/mol. The lowest BCUT2D eigenvalue weighted by Crippen LogP contribution is -2.61. The van der Waals surface area contributed by atoms with Gasteiger partial charge in [-0.15, -0.1) is 12.4 Å². The van der Waals surface area contributed by atoms with E-state index >= 15 is 0 Å². The van der Waals surface area contributed by atoms with Crippen LogP contribution in [0.3, 0.4) is 0 Å². The Morgan fingerprint density at radius 3 is 2.26 bits per heavy atom. The predicted molar refractivity (Wildman–Crippen MR) is 94.6 cm³/mol. The highest BCUT2D eigenvalue weighted by molar-refractivity contribution is 7.92. The van der Waals surface area contributed by atoms with Gasteiger partial charge in [-0.2, -0.15) is 9.59 Å². The molecule has 11 heteroatoms. The van der Waals surface area contributed by atoms with Gasteiger partial charge in [0.05, 0.1) is 17.0 Å². The molecule has 2 aliphatic rings. The van der Waals surface area contributed by atoms with E-state index in [0.29, 0.717) is 0 Å². The van der Waals surface area contributed by atoms with E-state index in [4.69, 9.17) is 15.3 Å². The summed E-state index contributed by atoms with van der Waals surface area (Å²) in [6.45, 7) is 0. The zero-order valence-electron chi connectivity index (χ0n) is 14.0. The number of fused-ring (bicyclic) bond motifs is 1.